The van der Waals surface area contributed by atoms with Crippen LogP contribution in [0.3, 0.4) is 0 Å². The minimum absolute atomic E-state index is 0.0489. The molecule has 1 rings (SSSR count). The second-order valence-electron chi connectivity index (χ2n) is 3.46. The van der Waals surface area contributed by atoms with Gasteiger partial charge in [-0.05, 0) is 6.92 Å². The monoisotopic (exact) mass is 255 g/mol. The van der Waals surface area contributed by atoms with Crippen molar-refractivity contribution in [3.8, 4) is 0 Å². The Morgan fingerprint density at radius 2 is 2.41 bits per heavy atom. The van der Waals surface area contributed by atoms with E-state index in [4.69, 9.17) is 5.73 Å². The van der Waals surface area contributed by atoms with Gasteiger partial charge in [-0.25, -0.2) is 0 Å². The third-order valence-corrected chi connectivity index (χ3v) is 3.31. The molecule has 0 spiro atoms. The molecular formula is C10H17N5OS. The molecule has 7 heteroatoms. The maximum atomic E-state index is 11.6. The van der Waals surface area contributed by atoms with Gasteiger partial charge in [0.15, 0.2) is 5.16 Å². The molecule has 0 aliphatic heterocycles. The number of thioether (sulfide) groups is 1. The number of nitrogens with one attached hydrogen (secondary N) is 1. The lowest BCUT2D eigenvalue weighted by Gasteiger charge is -2.10. The van der Waals surface area contributed by atoms with E-state index in [-0.39, 0.29) is 11.2 Å². The van der Waals surface area contributed by atoms with Gasteiger partial charge in [-0.1, -0.05) is 17.8 Å². The number of hydrogen-bond acceptors (Lipinski definition) is 5. The van der Waals surface area contributed by atoms with Crippen molar-refractivity contribution in [1.29, 1.82) is 0 Å². The van der Waals surface area contributed by atoms with E-state index in [1.807, 2.05) is 14.0 Å². The highest BCUT2D eigenvalue weighted by Crippen LogP contribution is 2.21. The van der Waals surface area contributed by atoms with E-state index in [9.17, 15) is 4.79 Å². The van der Waals surface area contributed by atoms with Crippen LogP contribution in [0.25, 0.3) is 0 Å². The Hall–Kier alpha value is -1.34. The number of rotatable bonds is 6. The molecule has 0 radical (unpaired) electrons. The second-order valence-corrected chi connectivity index (χ2v) is 4.76. The van der Waals surface area contributed by atoms with Gasteiger partial charge in [-0.15, -0.1) is 16.8 Å². The fourth-order valence-electron chi connectivity index (χ4n) is 1.15. The molecule has 0 aromatic carbocycles. The van der Waals surface area contributed by atoms with Gasteiger partial charge in [-0.2, -0.15) is 0 Å². The molecule has 0 fully saturated rings. The van der Waals surface area contributed by atoms with Crippen molar-refractivity contribution in [2.24, 2.45) is 12.8 Å². The Morgan fingerprint density at radius 1 is 1.71 bits per heavy atom. The zero-order valence-electron chi connectivity index (χ0n) is 10.0. The third kappa shape index (κ3) is 3.57. The van der Waals surface area contributed by atoms with Gasteiger partial charge >= 0.3 is 0 Å². The van der Waals surface area contributed by atoms with Crippen LogP contribution in [-0.4, -0.2) is 32.5 Å². The van der Waals surface area contributed by atoms with E-state index in [2.05, 4.69) is 22.1 Å². The summed E-state index contributed by atoms with van der Waals surface area (Å²) in [6, 6.07) is 0. The fraction of sp³-hybridized carbons (Fsp3) is 0.500. The van der Waals surface area contributed by atoms with Gasteiger partial charge in [0, 0.05) is 13.6 Å². The zero-order valence-corrected chi connectivity index (χ0v) is 10.8. The quantitative estimate of drug-likeness (QED) is 0.554. The smallest absolute Gasteiger partial charge is 0.233 e. The van der Waals surface area contributed by atoms with Crippen molar-refractivity contribution in [3.05, 3.63) is 18.5 Å². The molecule has 1 unspecified atom stereocenters. The summed E-state index contributed by atoms with van der Waals surface area (Å²) in [7, 11) is 1.83. The van der Waals surface area contributed by atoms with E-state index < -0.39 is 0 Å². The Kier molecular flexibility index (Phi) is 5.17. The molecule has 0 saturated heterocycles. The van der Waals surface area contributed by atoms with Crippen LogP contribution in [0.2, 0.25) is 0 Å². The molecule has 1 amide bonds. The van der Waals surface area contributed by atoms with Gasteiger partial charge in [-0.3, -0.25) is 4.79 Å². The predicted molar refractivity (Wildman–Crippen MR) is 67.4 cm³/mol. The Balaban J connectivity index is 2.61. The summed E-state index contributed by atoms with van der Waals surface area (Å²) in [5, 5.41) is 11.1. The molecule has 1 atom stereocenters. The standard InChI is InChI=1S/C10H17N5OS/c1-4-5-12-9(16)7(2)17-10-14-13-8(6-11)15(10)3/h4,7H,1,5-6,11H2,2-3H3,(H,12,16). The number of nitrogens with two attached hydrogens (primary N) is 1. The summed E-state index contributed by atoms with van der Waals surface area (Å²) in [5.41, 5.74) is 5.50. The van der Waals surface area contributed by atoms with E-state index in [1.165, 1.54) is 11.8 Å². The second kappa shape index (κ2) is 6.41. The Labute approximate surface area is 105 Å². The summed E-state index contributed by atoms with van der Waals surface area (Å²) >= 11 is 1.35. The normalized spacial score (nSPS) is 12.2. The Morgan fingerprint density at radius 3 is 2.94 bits per heavy atom. The van der Waals surface area contributed by atoms with Gasteiger partial charge < -0.3 is 15.6 Å². The minimum atomic E-state index is -0.233. The zero-order chi connectivity index (χ0) is 12.8. The lowest BCUT2D eigenvalue weighted by Crippen LogP contribution is -2.31. The molecule has 1 heterocycles. The summed E-state index contributed by atoms with van der Waals surface area (Å²) in [4.78, 5) is 11.6. The van der Waals surface area contributed by atoms with Gasteiger partial charge in [0.25, 0.3) is 0 Å². The molecule has 1 aromatic rings. The van der Waals surface area contributed by atoms with Gasteiger partial charge in [0.2, 0.25) is 5.91 Å². The SMILES string of the molecule is C=CCNC(=O)C(C)Sc1nnc(CN)n1C. The third-order valence-electron chi connectivity index (χ3n) is 2.18. The summed E-state index contributed by atoms with van der Waals surface area (Å²) in [6.45, 7) is 6.17. The summed E-state index contributed by atoms with van der Waals surface area (Å²) < 4.78 is 1.79. The highest BCUT2D eigenvalue weighted by molar-refractivity contribution is 8.00. The van der Waals surface area contributed by atoms with Crippen LogP contribution in [0.1, 0.15) is 12.7 Å². The van der Waals surface area contributed by atoms with Crippen LogP contribution in [0.15, 0.2) is 17.8 Å². The topological polar surface area (TPSA) is 85.8 Å². The highest BCUT2D eigenvalue weighted by atomic mass is 32.2. The van der Waals surface area contributed by atoms with E-state index in [0.717, 1.165) is 0 Å². The van der Waals surface area contributed by atoms with E-state index in [0.29, 0.717) is 24.1 Å². The maximum Gasteiger partial charge on any atom is 0.233 e. The fourth-order valence-corrected chi connectivity index (χ4v) is 2.01. The number of hydrogen-bond donors (Lipinski definition) is 2. The minimum Gasteiger partial charge on any atom is -0.352 e. The first-order chi connectivity index (χ1) is 8.10. The van der Waals surface area contributed by atoms with Gasteiger partial charge in [0.05, 0.1) is 11.8 Å². The van der Waals surface area contributed by atoms with Crippen LogP contribution in [0.4, 0.5) is 0 Å². The maximum absolute atomic E-state index is 11.6. The number of carbonyl (C=O) groups is 1. The molecule has 0 saturated carbocycles. The molecule has 17 heavy (non-hydrogen) atoms. The van der Waals surface area contributed by atoms with Crippen LogP contribution in [0, 0.1) is 0 Å². The molecular weight excluding hydrogens is 238 g/mol. The molecule has 0 aliphatic rings. The molecule has 0 bridgehead atoms. The molecule has 0 aliphatic carbocycles. The molecule has 3 N–H and O–H groups in total. The lowest BCUT2D eigenvalue weighted by atomic mass is 10.4. The van der Waals surface area contributed by atoms with Crippen LogP contribution < -0.4 is 11.1 Å². The van der Waals surface area contributed by atoms with E-state index >= 15 is 0 Å². The number of amides is 1. The number of aromatic nitrogens is 3. The Bertz CT molecular complexity index is 403. The van der Waals surface area contributed by atoms with Crippen LogP contribution in [-0.2, 0) is 18.4 Å². The predicted octanol–water partition coefficient (Wildman–Crippen LogP) is 0.0566. The number of nitrogens with zero attached hydrogens (tertiary/aromatic N) is 3. The van der Waals surface area contributed by atoms with Crippen molar-refractivity contribution in [2.45, 2.75) is 23.9 Å². The average Bonchev–Trinajstić information content (AvgIpc) is 2.67. The summed E-state index contributed by atoms with van der Waals surface area (Å²) in [5.74, 6) is 0.651. The van der Waals surface area contributed by atoms with Crippen molar-refractivity contribution in [3.63, 3.8) is 0 Å². The first-order valence-electron chi connectivity index (χ1n) is 5.23. The van der Waals surface area contributed by atoms with Gasteiger partial charge in [0.1, 0.15) is 5.82 Å². The van der Waals surface area contributed by atoms with Crippen LogP contribution in [0.5, 0.6) is 0 Å². The lowest BCUT2D eigenvalue weighted by molar-refractivity contribution is -0.120. The first-order valence-corrected chi connectivity index (χ1v) is 6.11. The molecule has 1 aromatic heterocycles. The van der Waals surface area contributed by atoms with Crippen LogP contribution >= 0.6 is 11.8 Å². The van der Waals surface area contributed by atoms with Crippen molar-refractivity contribution in [2.75, 3.05) is 6.54 Å². The highest BCUT2D eigenvalue weighted by Gasteiger charge is 2.17. The molecule has 94 valence electrons. The molecule has 6 nitrogen and oxygen atoms in total. The van der Waals surface area contributed by atoms with E-state index in [1.54, 1.807) is 10.6 Å². The van der Waals surface area contributed by atoms with Crippen molar-refractivity contribution >= 4 is 17.7 Å². The van der Waals surface area contributed by atoms with Crippen molar-refractivity contribution < 1.29 is 4.79 Å². The number of carbonyl (C=O) groups excluding carboxylic acids is 1. The van der Waals surface area contributed by atoms with Crippen molar-refractivity contribution in [1.82, 2.24) is 20.1 Å². The summed E-state index contributed by atoms with van der Waals surface area (Å²) in [6.07, 6.45) is 1.64. The first kappa shape index (κ1) is 13.7. The average molecular weight is 255 g/mol. The largest absolute Gasteiger partial charge is 0.352 e.